The number of rotatable bonds is 6. The second-order valence-electron chi connectivity index (χ2n) is 5.66. The zero-order valence-electron chi connectivity index (χ0n) is 15.0. The second-order valence-corrected chi connectivity index (χ2v) is 6.52. The van der Waals surface area contributed by atoms with Crippen molar-refractivity contribution in [3.05, 3.63) is 59.1 Å². The fourth-order valence-electron chi connectivity index (χ4n) is 2.55. The molecule has 0 radical (unpaired) electrons. The highest BCUT2D eigenvalue weighted by Gasteiger charge is 2.12. The van der Waals surface area contributed by atoms with Crippen molar-refractivity contribution >= 4 is 22.9 Å². The lowest BCUT2D eigenvalue weighted by molar-refractivity contribution is -0.115. The summed E-state index contributed by atoms with van der Waals surface area (Å²) in [6, 6.07) is 12.8. The summed E-state index contributed by atoms with van der Waals surface area (Å²) in [7, 11) is 3.19. The largest absolute Gasteiger partial charge is 0.493 e. The number of carbonyl (C=O) groups excluding carboxylic acids is 1. The lowest BCUT2D eigenvalue weighted by atomic mass is 10.2. The lowest BCUT2D eigenvalue weighted by Gasteiger charge is -2.08. The molecule has 27 heavy (non-hydrogen) atoms. The minimum absolute atomic E-state index is 0.145. The molecule has 0 bridgehead atoms. The van der Waals surface area contributed by atoms with Crippen molar-refractivity contribution in [2.45, 2.75) is 6.42 Å². The summed E-state index contributed by atoms with van der Waals surface area (Å²) >= 11 is 1.48. The van der Waals surface area contributed by atoms with Crippen LogP contribution in [0.2, 0.25) is 0 Å². The molecule has 6 heteroatoms. The lowest BCUT2D eigenvalue weighted by Crippen LogP contribution is -2.14. The molecule has 0 aliphatic heterocycles. The zero-order valence-corrected chi connectivity index (χ0v) is 15.8. The summed E-state index contributed by atoms with van der Waals surface area (Å²) in [5.74, 6) is 3.70. The normalized spacial score (nSPS) is 10.1. The molecule has 3 aromatic rings. The molecule has 0 aliphatic rings. The fourth-order valence-corrected chi connectivity index (χ4v) is 3.36. The second kappa shape index (κ2) is 8.39. The summed E-state index contributed by atoms with van der Waals surface area (Å²) in [5, 5.41) is 5.53. The van der Waals surface area contributed by atoms with Crippen LogP contribution in [0.25, 0.3) is 10.6 Å². The van der Waals surface area contributed by atoms with Crippen LogP contribution in [0, 0.1) is 12.3 Å². The Morgan fingerprint density at radius 2 is 2.00 bits per heavy atom. The summed E-state index contributed by atoms with van der Waals surface area (Å²) in [4.78, 5) is 16.8. The number of hydrogen-bond donors (Lipinski definition) is 1. The van der Waals surface area contributed by atoms with Crippen LogP contribution in [0.1, 0.15) is 11.3 Å². The molecule has 1 amide bonds. The minimum atomic E-state index is -0.145. The number of aromatic nitrogens is 1. The van der Waals surface area contributed by atoms with Crippen molar-refractivity contribution in [3.63, 3.8) is 0 Å². The van der Waals surface area contributed by atoms with E-state index in [1.165, 1.54) is 11.3 Å². The number of anilines is 1. The standard InChI is InChI=1S/C21H18N2O3S/c1-4-14-6-5-7-16(10-14)22-20(24)12-17-13-27-21(23-17)15-8-9-18(25-2)19(11-15)26-3/h1,5-11,13H,12H2,2-3H3,(H,22,24). The van der Waals surface area contributed by atoms with Crippen molar-refractivity contribution in [2.24, 2.45) is 0 Å². The van der Waals surface area contributed by atoms with Crippen LogP contribution < -0.4 is 14.8 Å². The van der Waals surface area contributed by atoms with E-state index < -0.39 is 0 Å². The average molecular weight is 378 g/mol. The predicted molar refractivity (Wildman–Crippen MR) is 107 cm³/mol. The van der Waals surface area contributed by atoms with Crippen LogP contribution >= 0.6 is 11.3 Å². The van der Waals surface area contributed by atoms with Gasteiger partial charge in [-0.1, -0.05) is 12.0 Å². The third kappa shape index (κ3) is 4.46. The van der Waals surface area contributed by atoms with Gasteiger partial charge in [0.05, 0.1) is 26.3 Å². The molecule has 5 nitrogen and oxygen atoms in total. The van der Waals surface area contributed by atoms with Gasteiger partial charge in [0.2, 0.25) is 5.91 Å². The molecule has 0 aliphatic carbocycles. The van der Waals surface area contributed by atoms with Crippen molar-refractivity contribution in [2.75, 3.05) is 19.5 Å². The van der Waals surface area contributed by atoms with Gasteiger partial charge in [-0.25, -0.2) is 4.98 Å². The molecule has 0 fully saturated rings. The first-order chi connectivity index (χ1) is 13.1. The molecule has 1 aromatic heterocycles. The molecular formula is C21H18N2O3S. The first-order valence-corrected chi connectivity index (χ1v) is 9.04. The first kappa shape index (κ1) is 18.5. The zero-order chi connectivity index (χ0) is 19.2. The van der Waals surface area contributed by atoms with Crippen molar-refractivity contribution < 1.29 is 14.3 Å². The maximum absolute atomic E-state index is 12.3. The topological polar surface area (TPSA) is 60.5 Å². The van der Waals surface area contributed by atoms with Gasteiger partial charge in [0.15, 0.2) is 11.5 Å². The maximum atomic E-state index is 12.3. The highest BCUT2D eigenvalue weighted by Crippen LogP contribution is 2.33. The fraction of sp³-hybridized carbons (Fsp3) is 0.143. The predicted octanol–water partition coefficient (Wildman–Crippen LogP) is 3.99. The summed E-state index contributed by atoms with van der Waals surface area (Å²) < 4.78 is 10.6. The van der Waals surface area contributed by atoms with E-state index in [1.54, 1.807) is 26.4 Å². The Labute approximate surface area is 162 Å². The molecule has 1 N–H and O–H groups in total. The van der Waals surface area contributed by atoms with Crippen LogP contribution in [0.4, 0.5) is 5.69 Å². The van der Waals surface area contributed by atoms with Gasteiger partial charge in [0.25, 0.3) is 0 Å². The molecule has 0 saturated heterocycles. The Kier molecular flexibility index (Phi) is 5.74. The van der Waals surface area contributed by atoms with E-state index >= 15 is 0 Å². The number of hydrogen-bond acceptors (Lipinski definition) is 5. The van der Waals surface area contributed by atoms with Gasteiger partial charge < -0.3 is 14.8 Å². The van der Waals surface area contributed by atoms with Gasteiger partial charge in [-0.2, -0.15) is 0 Å². The van der Waals surface area contributed by atoms with Crippen LogP contribution in [0.5, 0.6) is 11.5 Å². The van der Waals surface area contributed by atoms with Gasteiger partial charge in [0, 0.05) is 22.2 Å². The summed E-state index contributed by atoms with van der Waals surface area (Å²) in [5.41, 5.74) is 3.00. The van der Waals surface area contributed by atoms with E-state index in [0.717, 1.165) is 16.1 Å². The van der Waals surface area contributed by atoms with Crippen molar-refractivity contribution in [1.82, 2.24) is 4.98 Å². The Morgan fingerprint density at radius 1 is 1.19 bits per heavy atom. The highest BCUT2D eigenvalue weighted by atomic mass is 32.1. The number of terminal acetylenes is 1. The third-order valence-electron chi connectivity index (χ3n) is 3.84. The smallest absolute Gasteiger partial charge is 0.230 e. The Bertz CT molecular complexity index is 1000. The minimum Gasteiger partial charge on any atom is -0.493 e. The molecule has 1 heterocycles. The van der Waals surface area contributed by atoms with E-state index in [0.29, 0.717) is 22.9 Å². The van der Waals surface area contributed by atoms with E-state index in [1.807, 2.05) is 35.7 Å². The quantitative estimate of drug-likeness (QED) is 0.659. The molecule has 2 aromatic carbocycles. The number of amides is 1. The monoisotopic (exact) mass is 378 g/mol. The number of nitrogens with zero attached hydrogens (tertiary/aromatic N) is 1. The Hall–Kier alpha value is -3.30. The SMILES string of the molecule is C#Cc1cccc(NC(=O)Cc2csc(-c3ccc(OC)c(OC)c3)n2)c1. The average Bonchev–Trinajstić information content (AvgIpc) is 3.15. The Morgan fingerprint density at radius 3 is 2.74 bits per heavy atom. The van der Waals surface area contributed by atoms with Gasteiger partial charge in [-0.3, -0.25) is 4.79 Å². The number of thiazole rings is 1. The summed E-state index contributed by atoms with van der Waals surface area (Å²) in [6.45, 7) is 0. The highest BCUT2D eigenvalue weighted by molar-refractivity contribution is 7.13. The van der Waals surface area contributed by atoms with E-state index in [9.17, 15) is 4.79 Å². The molecule has 0 saturated carbocycles. The number of nitrogens with one attached hydrogen (secondary N) is 1. The molecule has 0 atom stereocenters. The number of ether oxygens (including phenoxy) is 2. The third-order valence-corrected chi connectivity index (χ3v) is 4.78. The maximum Gasteiger partial charge on any atom is 0.230 e. The molecule has 136 valence electrons. The van der Waals surface area contributed by atoms with Crippen molar-refractivity contribution in [3.8, 4) is 34.4 Å². The van der Waals surface area contributed by atoms with Crippen LogP contribution in [-0.4, -0.2) is 25.1 Å². The van der Waals surface area contributed by atoms with Crippen molar-refractivity contribution in [1.29, 1.82) is 0 Å². The van der Waals surface area contributed by atoms with Crippen LogP contribution in [0.15, 0.2) is 47.8 Å². The Balaban J connectivity index is 1.70. The number of carbonyl (C=O) groups is 1. The van der Waals surface area contributed by atoms with Gasteiger partial charge in [-0.15, -0.1) is 17.8 Å². The number of benzene rings is 2. The van der Waals surface area contributed by atoms with Gasteiger partial charge >= 0.3 is 0 Å². The van der Waals surface area contributed by atoms with E-state index in [2.05, 4.69) is 16.2 Å². The van der Waals surface area contributed by atoms with E-state index in [4.69, 9.17) is 15.9 Å². The molecule has 0 spiro atoms. The van der Waals surface area contributed by atoms with E-state index in [-0.39, 0.29) is 12.3 Å². The van der Waals surface area contributed by atoms with Crippen LogP contribution in [-0.2, 0) is 11.2 Å². The molecular weight excluding hydrogens is 360 g/mol. The number of methoxy groups -OCH3 is 2. The summed E-state index contributed by atoms with van der Waals surface area (Å²) in [6.07, 6.45) is 5.57. The van der Waals surface area contributed by atoms with Gasteiger partial charge in [-0.05, 0) is 36.4 Å². The molecule has 0 unspecified atom stereocenters. The molecule has 3 rings (SSSR count). The van der Waals surface area contributed by atoms with Crippen LogP contribution in [0.3, 0.4) is 0 Å². The first-order valence-electron chi connectivity index (χ1n) is 8.16. The van der Waals surface area contributed by atoms with Gasteiger partial charge in [0.1, 0.15) is 5.01 Å².